The number of nitrogens with zero attached hydrogens (tertiary/aromatic N) is 1. The first-order chi connectivity index (χ1) is 24.5. The molecule has 5 rings (SSSR count). The molecule has 0 fully saturated rings. The lowest BCUT2D eigenvalue weighted by atomic mass is 10.0. The molecule has 5 aromatic rings. The van der Waals surface area contributed by atoms with Crippen molar-refractivity contribution in [3.05, 3.63) is 155 Å². The number of esters is 1. The average Bonchev–Trinajstić information content (AvgIpc) is 3.13. The summed E-state index contributed by atoms with van der Waals surface area (Å²) in [5, 5.41) is 7.13. The molecule has 0 saturated carbocycles. The van der Waals surface area contributed by atoms with Crippen LogP contribution in [0.3, 0.4) is 0 Å². The number of nitrogens with one attached hydrogen (secondary N) is 1. The highest BCUT2D eigenvalue weighted by atomic mass is 35.5. The molecule has 0 radical (unpaired) electrons. The maximum absolute atomic E-state index is 13.3. The van der Waals surface area contributed by atoms with Crippen molar-refractivity contribution in [2.45, 2.75) is 45.1 Å². The molecule has 0 unspecified atom stereocenters. The largest absolute Gasteiger partial charge is 0.450 e. The van der Waals surface area contributed by atoms with Crippen LogP contribution in [0.2, 0.25) is 5.02 Å². The minimum Gasteiger partial charge on any atom is -0.450 e. The number of hydrogen-bond donors (Lipinski definition) is 1. The Bertz CT molecular complexity index is 1840. The minimum absolute atomic E-state index is 0.0490. The van der Waals surface area contributed by atoms with Gasteiger partial charge in [-0.15, -0.1) is 0 Å². The van der Waals surface area contributed by atoms with Crippen LogP contribution in [0, 0.1) is 0 Å². The molecular weight excluding hydrogens is 675 g/mol. The van der Waals surface area contributed by atoms with E-state index in [4.69, 9.17) is 16.3 Å². The van der Waals surface area contributed by atoms with E-state index in [9.17, 15) is 14.4 Å². The van der Waals surface area contributed by atoms with Crippen LogP contribution in [0.15, 0.2) is 133 Å². The Hall–Kier alpha value is -4.77. The van der Waals surface area contributed by atoms with Crippen molar-refractivity contribution in [3.8, 4) is 0 Å². The number of ether oxygens (including phenoxy) is 1. The lowest BCUT2D eigenvalue weighted by Crippen LogP contribution is -2.41. The Labute approximate surface area is 307 Å². The second kappa shape index (κ2) is 17.0. The molecule has 262 valence electrons. The Kier molecular flexibility index (Phi) is 12.5. The number of carbonyl (C=O) groups is 3. The number of halogens is 1. The van der Waals surface area contributed by atoms with Gasteiger partial charge in [0.25, 0.3) is 11.8 Å². The van der Waals surface area contributed by atoms with Crippen LogP contribution in [-0.2, 0) is 20.7 Å². The van der Waals surface area contributed by atoms with E-state index in [0.717, 1.165) is 23.7 Å². The minimum atomic E-state index is -1.99. The van der Waals surface area contributed by atoms with Crippen LogP contribution >= 0.6 is 18.9 Å². The standard InChI is InChI=1S/C43H44ClN2O4P/c1-43(2,42(49)45-39-28-25-33(31-38(39)44)30-32-23-26-34(27-24-32)41(48)46(3)4)50-40(47)22-14-15-29-51(35-16-8-5-9-17-35,36-18-10-6-11-19-36)37-20-12-7-13-21-37/h5-13,16-21,23-28,31H,14-15,22,29-30H2,1-4H3/p+1. The molecule has 0 aliphatic carbocycles. The van der Waals surface area contributed by atoms with Crippen LogP contribution in [0.5, 0.6) is 0 Å². The number of unbranched alkanes of at least 4 members (excludes halogenated alkanes) is 1. The highest BCUT2D eigenvalue weighted by Crippen LogP contribution is 2.56. The normalized spacial score (nSPS) is 11.5. The molecular formula is C43H45ClN2O4P+. The van der Waals surface area contributed by atoms with E-state index in [2.05, 4.69) is 78.1 Å². The van der Waals surface area contributed by atoms with Gasteiger partial charge in [-0.25, -0.2) is 0 Å². The first-order valence-electron chi connectivity index (χ1n) is 17.2. The molecule has 0 aliphatic heterocycles. The van der Waals surface area contributed by atoms with Crippen molar-refractivity contribution in [2.75, 3.05) is 25.6 Å². The Morgan fingerprint density at radius 1 is 0.706 bits per heavy atom. The summed E-state index contributed by atoms with van der Waals surface area (Å²) in [6, 6.07) is 44.9. The Morgan fingerprint density at radius 3 is 1.71 bits per heavy atom. The number of hydrogen-bond acceptors (Lipinski definition) is 4. The van der Waals surface area contributed by atoms with Gasteiger partial charge in [0.1, 0.15) is 23.2 Å². The van der Waals surface area contributed by atoms with Gasteiger partial charge in [-0.3, -0.25) is 14.4 Å². The van der Waals surface area contributed by atoms with Crippen LogP contribution in [0.4, 0.5) is 5.69 Å². The zero-order chi connectivity index (χ0) is 36.4. The second-order valence-corrected chi connectivity index (χ2v) is 17.3. The van der Waals surface area contributed by atoms with E-state index in [0.29, 0.717) is 29.1 Å². The molecule has 0 saturated heterocycles. The van der Waals surface area contributed by atoms with E-state index in [-0.39, 0.29) is 12.3 Å². The number of amides is 2. The fourth-order valence-electron chi connectivity index (χ4n) is 6.18. The molecule has 0 heterocycles. The molecule has 8 heteroatoms. The van der Waals surface area contributed by atoms with E-state index in [1.807, 2.05) is 48.5 Å². The second-order valence-electron chi connectivity index (χ2n) is 13.3. The third kappa shape index (κ3) is 9.32. The summed E-state index contributed by atoms with van der Waals surface area (Å²) in [5.74, 6) is -0.932. The molecule has 2 amide bonds. The van der Waals surface area contributed by atoms with Crippen LogP contribution in [0.25, 0.3) is 0 Å². The summed E-state index contributed by atoms with van der Waals surface area (Å²) in [6.45, 7) is 3.17. The third-order valence-electron chi connectivity index (χ3n) is 8.93. The summed E-state index contributed by atoms with van der Waals surface area (Å²) in [7, 11) is 1.46. The lowest BCUT2D eigenvalue weighted by Gasteiger charge is -2.28. The fraction of sp³-hybridized carbons (Fsp3) is 0.233. The number of carbonyl (C=O) groups excluding carboxylic acids is 3. The molecule has 0 bridgehead atoms. The number of rotatable bonds is 14. The molecule has 51 heavy (non-hydrogen) atoms. The SMILES string of the molecule is CN(C)C(=O)c1ccc(Cc2ccc(NC(=O)C(C)(C)OC(=O)CCCC[P+](c3ccccc3)(c3ccccc3)c3ccccc3)c(Cl)c2)cc1. The van der Waals surface area contributed by atoms with Crippen molar-refractivity contribution in [3.63, 3.8) is 0 Å². The van der Waals surface area contributed by atoms with Gasteiger partial charge in [-0.1, -0.05) is 84.4 Å². The summed E-state index contributed by atoms with van der Waals surface area (Å²) in [6.07, 6.45) is 3.16. The zero-order valence-corrected chi connectivity index (χ0v) is 31.3. The smallest absolute Gasteiger partial charge is 0.306 e. The van der Waals surface area contributed by atoms with Crippen molar-refractivity contribution in [1.82, 2.24) is 4.90 Å². The summed E-state index contributed by atoms with van der Waals surface area (Å²) in [4.78, 5) is 40.1. The zero-order valence-electron chi connectivity index (χ0n) is 29.6. The van der Waals surface area contributed by atoms with Gasteiger partial charge in [0, 0.05) is 26.1 Å². The number of benzene rings is 5. The van der Waals surface area contributed by atoms with Crippen molar-refractivity contribution in [2.24, 2.45) is 0 Å². The van der Waals surface area contributed by atoms with E-state index >= 15 is 0 Å². The predicted octanol–water partition coefficient (Wildman–Crippen LogP) is 8.06. The lowest BCUT2D eigenvalue weighted by molar-refractivity contribution is -0.162. The van der Waals surface area contributed by atoms with E-state index < -0.39 is 24.7 Å². The summed E-state index contributed by atoms with van der Waals surface area (Å²) < 4.78 is 5.73. The molecule has 0 aromatic heterocycles. The highest BCUT2D eigenvalue weighted by Gasteiger charge is 2.44. The van der Waals surface area contributed by atoms with Gasteiger partial charge >= 0.3 is 5.97 Å². The maximum Gasteiger partial charge on any atom is 0.306 e. The quantitative estimate of drug-likeness (QED) is 0.0716. The molecule has 5 aromatic carbocycles. The van der Waals surface area contributed by atoms with Gasteiger partial charge in [0.15, 0.2) is 5.60 Å². The Morgan fingerprint density at radius 2 is 1.22 bits per heavy atom. The fourth-order valence-corrected chi connectivity index (χ4v) is 10.8. The first kappa shape index (κ1) is 37.5. The molecule has 0 spiro atoms. The van der Waals surface area contributed by atoms with Gasteiger partial charge in [0.05, 0.1) is 16.9 Å². The summed E-state index contributed by atoms with van der Waals surface area (Å²) >= 11 is 6.58. The molecule has 0 atom stereocenters. The average molecular weight is 720 g/mol. The Balaban J connectivity index is 1.18. The van der Waals surface area contributed by atoms with Crippen LogP contribution in [-0.4, -0.2) is 48.5 Å². The van der Waals surface area contributed by atoms with Gasteiger partial charge in [-0.2, -0.15) is 0 Å². The predicted molar refractivity (Wildman–Crippen MR) is 211 cm³/mol. The third-order valence-corrected chi connectivity index (χ3v) is 13.8. The van der Waals surface area contributed by atoms with Crippen molar-refractivity contribution < 1.29 is 19.1 Å². The van der Waals surface area contributed by atoms with E-state index in [1.165, 1.54) is 15.9 Å². The molecule has 1 N–H and O–H groups in total. The van der Waals surface area contributed by atoms with Gasteiger partial charge in [-0.05, 0) is 105 Å². The van der Waals surface area contributed by atoms with Gasteiger partial charge < -0.3 is 15.0 Å². The maximum atomic E-state index is 13.3. The topological polar surface area (TPSA) is 75.7 Å². The molecule has 0 aliphatic rings. The van der Waals surface area contributed by atoms with Gasteiger partial charge in [0.2, 0.25) is 0 Å². The number of anilines is 1. The van der Waals surface area contributed by atoms with Crippen molar-refractivity contribution in [1.29, 1.82) is 0 Å². The molecule has 6 nitrogen and oxygen atoms in total. The summed E-state index contributed by atoms with van der Waals surface area (Å²) in [5.41, 5.74) is 1.64. The van der Waals surface area contributed by atoms with Crippen LogP contribution < -0.4 is 21.2 Å². The van der Waals surface area contributed by atoms with E-state index in [1.54, 1.807) is 45.0 Å². The highest BCUT2D eigenvalue weighted by molar-refractivity contribution is 7.95. The van der Waals surface area contributed by atoms with Crippen molar-refractivity contribution >= 4 is 58.2 Å². The monoisotopic (exact) mass is 719 g/mol. The van der Waals surface area contributed by atoms with Crippen LogP contribution in [0.1, 0.15) is 54.6 Å². The first-order valence-corrected chi connectivity index (χ1v) is 19.5.